The van der Waals surface area contributed by atoms with Gasteiger partial charge >= 0.3 is 0 Å². The van der Waals surface area contributed by atoms with Gasteiger partial charge in [-0.2, -0.15) is 5.10 Å². The SMILES string of the molecule is CCCNCCc1ncc(-c2cn(C)nc2CC)o1. The molecule has 0 aliphatic heterocycles. The molecule has 0 aromatic carbocycles. The van der Waals surface area contributed by atoms with Gasteiger partial charge in [0.25, 0.3) is 0 Å². The summed E-state index contributed by atoms with van der Waals surface area (Å²) in [6.07, 6.45) is 6.64. The standard InChI is InChI=1S/C14H22N4O/c1-4-7-15-8-6-14-16-9-13(19-14)11-10-18(3)17-12(11)5-2/h9-10,15H,4-8H2,1-3H3. The molecule has 104 valence electrons. The van der Waals surface area contributed by atoms with Crippen LogP contribution in [-0.2, 0) is 19.9 Å². The monoisotopic (exact) mass is 262 g/mol. The van der Waals surface area contributed by atoms with Crippen molar-refractivity contribution in [1.29, 1.82) is 0 Å². The van der Waals surface area contributed by atoms with Gasteiger partial charge in [-0.05, 0) is 19.4 Å². The van der Waals surface area contributed by atoms with Crippen LogP contribution in [0.25, 0.3) is 11.3 Å². The van der Waals surface area contributed by atoms with E-state index in [2.05, 4.69) is 29.2 Å². The molecule has 0 spiro atoms. The number of aromatic nitrogens is 3. The quantitative estimate of drug-likeness (QED) is 0.777. The molecule has 0 saturated heterocycles. The summed E-state index contributed by atoms with van der Waals surface area (Å²) >= 11 is 0. The Hall–Kier alpha value is -1.62. The lowest BCUT2D eigenvalue weighted by Crippen LogP contribution is -2.17. The Balaban J connectivity index is 2.03. The maximum Gasteiger partial charge on any atom is 0.196 e. The predicted molar refractivity (Wildman–Crippen MR) is 74.9 cm³/mol. The highest BCUT2D eigenvalue weighted by Gasteiger charge is 2.13. The zero-order valence-electron chi connectivity index (χ0n) is 11.9. The molecule has 0 unspecified atom stereocenters. The van der Waals surface area contributed by atoms with Crippen molar-refractivity contribution in [2.45, 2.75) is 33.1 Å². The molecule has 5 nitrogen and oxygen atoms in total. The zero-order valence-corrected chi connectivity index (χ0v) is 11.9. The Labute approximate surface area is 114 Å². The van der Waals surface area contributed by atoms with Crippen LogP contribution in [0, 0.1) is 0 Å². The topological polar surface area (TPSA) is 55.9 Å². The first-order chi connectivity index (χ1) is 9.24. The highest BCUT2D eigenvalue weighted by molar-refractivity contribution is 5.58. The number of hydrogen-bond donors (Lipinski definition) is 1. The average Bonchev–Trinajstić information content (AvgIpc) is 3.00. The van der Waals surface area contributed by atoms with E-state index in [1.54, 1.807) is 6.20 Å². The molecular weight excluding hydrogens is 240 g/mol. The van der Waals surface area contributed by atoms with Gasteiger partial charge in [0.15, 0.2) is 11.7 Å². The van der Waals surface area contributed by atoms with Crippen LogP contribution in [0.5, 0.6) is 0 Å². The summed E-state index contributed by atoms with van der Waals surface area (Å²) in [5.41, 5.74) is 2.10. The Morgan fingerprint density at radius 1 is 1.32 bits per heavy atom. The molecule has 0 fully saturated rings. The Morgan fingerprint density at radius 3 is 2.89 bits per heavy atom. The average molecular weight is 262 g/mol. The fourth-order valence-electron chi connectivity index (χ4n) is 2.05. The van der Waals surface area contributed by atoms with Crippen LogP contribution in [0.4, 0.5) is 0 Å². The summed E-state index contributed by atoms with van der Waals surface area (Å²) in [4.78, 5) is 4.33. The van der Waals surface area contributed by atoms with Crippen molar-refractivity contribution in [1.82, 2.24) is 20.1 Å². The van der Waals surface area contributed by atoms with E-state index in [1.807, 2.05) is 17.9 Å². The van der Waals surface area contributed by atoms with Gasteiger partial charge in [0.1, 0.15) is 0 Å². The van der Waals surface area contributed by atoms with Crippen molar-refractivity contribution >= 4 is 0 Å². The third-order valence-corrected chi connectivity index (χ3v) is 3.00. The first kappa shape index (κ1) is 13.8. The van der Waals surface area contributed by atoms with Crippen LogP contribution >= 0.6 is 0 Å². The Morgan fingerprint density at radius 2 is 2.16 bits per heavy atom. The van der Waals surface area contributed by atoms with E-state index < -0.39 is 0 Å². The summed E-state index contributed by atoms with van der Waals surface area (Å²) in [6, 6.07) is 0. The van der Waals surface area contributed by atoms with Crippen LogP contribution in [-0.4, -0.2) is 27.9 Å². The normalized spacial score (nSPS) is 11.1. The minimum atomic E-state index is 0.782. The molecule has 0 aliphatic rings. The number of aryl methyl sites for hydroxylation is 2. The highest BCUT2D eigenvalue weighted by Crippen LogP contribution is 2.24. The van der Waals surface area contributed by atoms with Crippen molar-refractivity contribution in [3.8, 4) is 11.3 Å². The van der Waals surface area contributed by atoms with E-state index in [0.717, 1.165) is 55.3 Å². The molecule has 0 amide bonds. The van der Waals surface area contributed by atoms with Crippen LogP contribution < -0.4 is 5.32 Å². The molecule has 19 heavy (non-hydrogen) atoms. The maximum atomic E-state index is 5.80. The van der Waals surface area contributed by atoms with Gasteiger partial charge in [0.2, 0.25) is 0 Å². The van der Waals surface area contributed by atoms with Gasteiger partial charge in [-0.3, -0.25) is 4.68 Å². The molecule has 2 rings (SSSR count). The van der Waals surface area contributed by atoms with Crippen molar-refractivity contribution in [2.75, 3.05) is 13.1 Å². The first-order valence-corrected chi connectivity index (χ1v) is 6.92. The lowest BCUT2D eigenvalue weighted by molar-refractivity contribution is 0.494. The summed E-state index contributed by atoms with van der Waals surface area (Å²) < 4.78 is 7.62. The molecule has 2 aromatic rings. The molecule has 0 atom stereocenters. The molecule has 0 radical (unpaired) electrons. The maximum absolute atomic E-state index is 5.80. The van der Waals surface area contributed by atoms with Crippen molar-refractivity contribution in [2.24, 2.45) is 7.05 Å². The van der Waals surface area contributed by atoms with E-state index in [4.69, 9.17) is 4.42 Å². The number of oxazole rings is 1. The minimum Gasteiger partial charge on any atom is -0.441 e. The van der Waals surface area contributed by atoms with Crippen LogP contribution in [0.2, 0.25) is 0 Å². The van der Waals surface area contributed by atoms with Gasteiger partial charge < -0.3 is 9.73 Å². The van der Waals surface area contributed by atoms with Crippen LogP contribution in [0.3, 0.4) is 0 Å². The van der Waals surface area contributed by atoms with Crippen molar-refractivity contribution in [3.63, 3.8) is 0 Å². The lowest BCUT2D eigenvalue weighted by atomic mass is 10.2. The first-order valence-electron chi connectivity index (χ1n) is 6.92. The predicted octanol–water partition coefficient (Wildman–Crippen LogP) is 2.18. The molecule has 0 saturated carbocycles. The van der Waals surface area contributed by atoms with Crippen molar-refractivity contribution < 1.29 is 4.42 Å². The van der Waals surface area contributed by atoms with Crippen molar-refractivity contribution in [3.05, 3.63) is 24.0 Å². The second-order valence-corrected chi connectivity index (χ2v) is 4.63. The molecule has 1 N–H and O–H groups in total. The molecule has 5 heteroatoms. The molecule has 0 bridgehead atoms. The summed E-state index contributed by atoms with van der Waals surface area (Å²) in [5.74, 6) is 1.60. The summed E-state index contributed by atoms with van der Waals surface area (Å²) in [5, 5.41) is 7.76. The minimum absolute atomic E-state index is 0.782. The molecule has 2 heterocycles. The smallest absolute Gasteiger partial charge is 0.196 e. The number of nitrogens with zero attached hydrogens (tertiary/aromatic N) is 3. The third kappa shape index (κ3) is 3.44. The summed E-state index contributed by atoms with van der Waals surface area (Å²) in [7, 11) is 1.93. The highest BCUT2D eigenvalue weighted by atomic mass is 16.4. The van der Waals surface area contributed by atoms with E-state index in [9.17, 15) is 0 Å². The van der Waals surface area contributed by atoms with E-state index in [0.29, 0.717) is 0 Å². The van der Waals surface area contributed by atoms with Crippen LogP contribution in [0.15, 0.2) is 16.8 Å². The fraction of sp³-hybridized carbons (Fsp3) is 0.571. The third-order valence-electron chi connectivity index (χ3n) is 3.00. The Bertz CT molecular complexity index is 515. The van der Waals surface area contributed by atoms with Gasteiger partial charge in [-0.15, -0.1) is 0 Å². The van der Waals surface area contributed by atoms with Gasteiger partial charge in [0, 0.05) is 26.2 Å². The molecule has 2 aromatic heterocycles. The van der Waals surface area contributed by atoms with Gasteiger partial charge in [0.05, 0.1) is 17.5 Å². The molecular formula is C14H22N4O. The second-order valence-electron chi connectivity index (χ2n) is 4.63. The van der Waals surface area contributed by atoms with E-state index >= 15 is 0 Å². The van der Waals surface area contributed by atoms with Gasteiger partial charge in [-0.1, -0.05) is 13.8 Å². The second kappa shape index (κ2) is 6.52. The number of hydrogen-bond acceptors (Lipinski definition) is 4. The molecule has 0 aliphatic carbocycles. The number of rotatable bonds is 7. The number of nitrogens with one attached hydrogen (secondary N) is 1. The van der Waals surface area contributed by atoms with E-state index in [-0.39, 0.29) is 0 Å². The van der Waals surface area contributed by atoms with Gasteiger partial charge in [-0.25, -0.2) is 4.98 Å². The summed E-state index contributed by atoms with van der Waals surface area (Å²) in [6.45, 7) is 6.19. The van der Waals surface area contributed by atoms with E-state index in [1.165, 1.54) is 0 Å². The fourth-order valence-corrected chi connectivity index (χ4v) is 2.05. The zero-order chi connectivity index (χ0) is 13.7. The Kier molecular flexibility index (Phi) is 4.74. The lowest BCUT2D eigenvalue weighted by Gasteiger charge is -1.99. The van der Waals surface area contributed by atoms with Crippen LogP contribution in [0.1, 0.15) is 31.9 Å². The largest absolute Gasteiger partial charge is 0.441 e.